The van der Waals surface area contributed by atoms with E-state index in [2.05, 4.69) is 73.8 Å². The lowest BCUT2D eigenvalue weighted by Gasteiger charge is -2.15. The standard InChI is InChI=1S/C24H27NO2/c1-18-15-20(16-25-13-14-26)11-12-24(18)27-17-22-9-6-10-23(19(22)2)21-7-4-3-5-8-21/h3-12,15,25-26H,13-14,16-17H2,1-2H3. The third kappa shape index (κ3) is 4.97. The van der Waals surface area contributed by atoms with Crippen LogP contribution in [0.25, 0.3) is 11.1 Å². The maximum atomic E-state index is 8.85. The predicted octanol–water partition coefficient (Wildman–Crippen LogP) is 4.63. The molecule has 0 aromatic heterocycles. The van der Waals surface area contributed by atoms with Crippen molar-refractivity contribution in [3.63, 3.8) is 0 Å². The smallest absolute Gasteiger partial charge is 0.122 e. The molecule has 0 heterocycles. The number of benzene rings is 3. The molecule has 0 unspecified atom stereocenters. The number of hydrogen-bond acceptors (Lipinski definition) is 3. The summed E-state index contributed by atoms with van der Waals surface area (Å²) in [6, 6.07) is 23.1. The molecule has 0 bridgehead atoms. The van der Waals surface area contributed by atoms with E-state index in [4.69, 9.17) is 9.84 Å². The first-order valence-corrected chi connectivity index (χ1v) is 9.37. The maximum absolute atomic E-state index is 8.85. The van der Waals surface area contributed by atoms with E-state index in [1.165, 1.54) is 27.8 Å². The summed E-state index contributed by atoms with van der Waals surface area (Å²) in [5, 5.41) is 12.0. The van der Waals surface area contributed by atoms with Crippen LogP contribution >= 0.6 is 0 Å². The number of rotatable bonds is 8. The van der Waals surface area contributed by atoms with E-state index in [1.807, 2.05) is 12.1 Å². The highest BCUT2D eigenvalue weighted by molar-refractivity contribution is 5.68. The number of aliphatic hydroxyl groups excluding tert-OH is 1. The first-order valence-electron chi connectivity index (χ1n) is 9.37. The van der Waals surface area contributed by atoms with Crippen molar-refractivity contribution in [2.24, 2.45) is 0 Å². The van der Waals surface area contributed by atoms with Crippen LogP contribution in [0.3, 0.4) is 0 Å². The molecule has 140 valence electrons. The lowest BCUT2D eigenvalue weighted by molar-refractivity contribution is 0.292. The number of aliphatic hydroxyl groups is 1. The number of aryl methyl sites for hydroxylation is 1. The van der Waals surface area contributed by atoms with Crippen LogP contribution in [0.15, 0.2) is 66.7 Å². The molecule has 0 aliphatic carbocycles. The quantitative estimate of drug-likeness (QED) is 0.575. The van der Waals surface area contributed by atoms with Gasteiger partial charge in [0.1, 0.15) is 12.4 Å². The van der Waals surface area contributed by atoms with E-state index >= 15 is 0 Å². The van der Waals surface area contributed by atoms with Gasteiger partial charge in [-0.3, -0.25) is 0 Å². The molecule has 27 heavy (non-hydrogen) atoms. The van der Waals surface area contributed by atoms with Gasteiger partial charge >= 0.3 is 0 Å². The van der Waals surface area contributed by atoms with Crippen LogP contribution in [-0.2, 0) is 13.2 Å². The lowest BCUT2D eigenvalue weighted by Crippen LogP contribution is -2.17. The molecule has 0 saturated heterocycles. The molecule has 0 aliphatic heterocycles. The van der Waals surface area contributed by atoms with E-state index < -0.39 is 0 Å². The fourth-order valence-corrected chi connectivity index (χ4v) is 3.22. The second-order valence-electron chi connectivity index (χ2n) is 6.74. The highest BCUT2D eigenvalue weighted by Gasteiger charge is 2.08. The summed E-state index contributed by atoms with van der Waals surface area (Å²) in [6.45, 7) is 6.28. The summed E-state index contributed by atoms with van der Waals surface area (Å²) in [7, 11) is 0. The average Bonchev–Trinajstić information content (AvgIpc) is 2.69. The van der Waals surface area contributed by atoms with Crippen LogP contribution in [-0.4, -0.2) is 18.3 Å². The van der Waals surface area contributed by atoms with Crippen LogP contribution in [0, 0.1) is 13.8 Å². The van der Waals surface area contributed by atoms with E-state index in [0.29, 0.717) is 13.2 Å². The Bertz CT molecular complexity index is 875. The number of hydrogen-bond donors (Lipinski definition) is 2. The maximum Gasteiger partial charge on any atom is 0.122 e. The molecule has 3 heteroatoms. The van der Waals surface area contributed by atoms with Gasteiger partial charge in [0, 0.05) is 13.1 Å². The van der Waals surface area contributed by atoms with Crippen molar-refractivity contribution in [2.75, 3.05) is 13.2 Å². The van der Waals surface area contributed by atoms with Crippen molar-refractivity contribution in [2.45, 2.75) is 27.0 Å². The Balaban J connectivity index is 1.70. The van der Waals surface area contributed by atoms with Gasteiger partial charge in [0.05, 0.1) is 6.61 Å². The Kier molecular flexibility index (Phi) is 6.64. The molecule has 3 aromatic carbocycles. The summed E-state index contributed by atoms with van der Waals surface area (Å²) in [5.41, 5.74) is 7.24. The van der Waals surface area contributed by atoms with Crippen LogP contribution in [0.2, 0.25) is 0 Å². The van der Waals surface area contributed by atoms with Crippen molar-refractivity contribution in [3.8, 4) is 16.9 Å². The Labute approximate surface area is 161 Å². The minimum atomic E-state index is 0.154. The largest absolute Gasteiger partial charge is 0.489 e. The van der Waals surface area contributed by atoms with Crippen LogP contribution < -0.4 is 10.1 Å². The summed E-state index contributed by atoms with van der Waals surface area (Å²) in [4.78, 5) is 0. The molecule has 0 spiro atoms. The van der Waals surface area contributed by atoms with Gasteiger partial charge in [-0.2, -0.15) is 0 Å². The molecule has 3 aromatic rings. The van der Waals surface area contributed by atoms with Gasteiger partial charge in [0.2, 0.25) is 0 Å². The van der Waals surface area contributed by atoms with Gasteiger partial charge in [-0.25, -0.2) is 0 Å². The molecular weight excluding hydrogens is 334 g/mol. The highest BCUT2D eigenvalue weighted by Crippen LogP contribution is 2.27. The van der Waals surface area contributed by atoms with Crippen LogP contribution in [0.4, 0.5) is 0 Å². The van der Waals surface area contributed by atoms with Gasteiger partial charge < -0.3 is 15.2 Å². The van der Waals surface area contributed by atoms with Crippen molar-refractivity contribution in [3.05, 3.63) is 89.0 Å². The third-order valence-corrected chi connectivity index (χ3v) is 4.77. The van der Waals surface area contributed by atoms with Gasteiger partial charge in [-0.15, -0.1) is 0 Å². The highest BCUT2D eigenvalue weighted by atomic mass is 16.5. The molecule has 0 radical (unpaired) electrons. The van der Waals surface area contributed by atoms with Crippen LogP contribution in [0.1, 0.15) is 22.3 Å². The fraction of sp³-hybridized carbons (Fsp3) is 0.250. The third-order valence-electron chi connectivity index (χ3n) is 4.77. The molecule has 0 saturated carbocycles. The molecular formula is C24H27NO2. The van der Waals surface area contributed by atoms with Crippen molar-refractivity contribution in [1.82, 2.24) is 5.32 Å². The Hall–Kier alpha value is -2.62. The summed E-state index contributed by atoms with van der Waals surface area (Å²) < 4.78 is 6.11. The zero-order valence-corrected chi connectivity index (χ0v) is 16.0. The fourth-order valence-electron chi connectivity index (χ4n) is 3.22. The monoisotopic (exact) mass is 361 g/mol. The molecule has 0 atom stereocenters. The van der Waals surface area contributed by atoms with Crippen molar-refractivity contribution >= 4 is 0 Å². The van der Waals surface area contributed by atoms with Gasteiger partial charge in [0.25, 0.3) is 0 Å². The Morgan fingerprint density at radius 2 is 1.74 bits per heavy atom. The van der Waals surface area contributed by atoms with Crippen molar-refractivity contribution in [1.29, 1.82) is 0 Å². The second kappa shape index (κ2) is 9.36. The van der Waals surface area contributed by atoms with E-state index in [-0.39, 0.29) is 6.61 Å². The minimum Gasteiger partial charge on any atom is -0.489 e. The topological polar surface area (TPSA) is 41.5 Å². The number of nitrogens with one attached hydrogen (secondary N) is 1. The molecule has 3 rings (SSSR count). The zero-order chi connectivity index (χ0) is 19.1. The normalized spacial score (nSPS) is 10.8. The summed E-state index contributed by atoms with van der Waals surface area (Å²) >= 11 is 0. The summed E-state index contributed by atoms with van der Waals surface area (Å²) in [6.07, 6.45) is 0. The molecule has 0 amide bonds. The van der Waals surface area contributed by atoms with Gasteiger partial charge in [-0.1, -0.05) is 60.7 Å². The van der Waals surface area contributed by atoms with E-state index in [9.17, 15) is 0 Å². The SMILES string of the molecule is Cc1cc(CNCCO)ccc1OCc1cccc(-c2ccccc2)c1C. The minimum absolute atomic E-state index is 0.154. The number of ether oxygens (including phenoxy) is 1. The molecule has 0 fully saturated rings. The van der Waals surface area contributed by atoms with Crippen molar-refractivity contribution < 1.29 is 9.84 Å². The second-order valence-corrected chi connectivity index (χ2v) is 6.74. The first kappa shape index (κ1) is 19.2. The first-order chi connectivity index (χ1) is 13.2. The summed E-state index contributed by atoms with van der Waals surface area (Å²) in [5.74, 6) is 0.908. The van der Waals surface area contributed by atoms with E-state index in [0.717, 1.165) is 17.9 Å². The predicted molar refractivity (Wildman–Crippen MR) is 111 cm³/mol. The van der Waals surface area contributed by atoms with E-state index in [1.54, 1.807) is 0 Å². The lowest BCUT2D eigenvalue weighted by atomic mass is 9.97. The molecule has 2 N–H and O–H groups in total. The van der Waals surface area contributed by atoms with Gasteiger partial charge in [0.15, 0.2) is 0 Å². The van der Waals surface area contributed by atoms with Gasteiger partial charge in [-0.05, 0) is 53.3 Å². The average molecular weight is 361 g/mol. The molecule has 3 nitrogen and oxygen atoms in total. The Morgan fingerprint density at radius 3 is 2.48 bits per heavy atom. The Morgan fingerprint density at radius 1 is 0.926 bits per heavy atom. The molecule has 0 aliphatic rings. The van der Waals surface area contributed by atoms with Crippen LogP contribution in [0.5, 0.6) is 5.75 Å². The zero-order valence-electron chi connectivity index (χ0n) is 16.0.